The molecule has 15 heavy (non-hydrogen) atoms. The highest BCUT2D eigenvalue weighted by molar-refractivity contribution is 6.42. The Morgan fingerprint density at radius 1 is 1.27 bits per heavy atom. The Hall–Kier alpha value is -0.600. The summed E-state index contributed by atoms with van der Waals surface area (Å²) in [5.41, 5.74) is 7.57. The number of hydrogen-bond acceptors (Lipinski definition) is 2. The molecule has 82 valence electrons. The van der Waals surface area contributed by atoms with Crippen molar-refractivity contribution in [2.75, 3.05) is 11.1 Å². The van der Waals surface area contributed by atoms with Crippen molar-refractivity contribution in [3.05, 3.63) is 22.2 Å². The van der Waals surface area contributed by atoms with Crippen LogP contribution < -0.4 is 11.1 Å². The van der Waals surface area contributed by atoms with E-state index in [0.29, 0.717) is 15.7 Å². The fourth-order valence-electron chi connectivity index (χ4n) is 1.83. The fraction of sp³-hybridized carbons (Fsp3) is 0.455. The Morgan fingerprint density at radius 3 is 2.40 bits per heavy atom. The Kier molecular flexibility index (Phi) is 2.73. The highest BCUT2D eigenvalue weighted by atomic mass is 35.5. The molecular formula is C11H14Cl2N2. The van der Waals surface area contributed by atoms with Gasteiger partial charge in [0.2, 0.25) is 0 Å². The highest BCUT2D eigenvalue weighted by Crippen LogP contribution is 2.38. The van der Waals surface area contributed by atoms with Crippen LogP contribution in [0.3, 0.4) is 0 Å². The SMILES string of the molecule is CC1(Nc2cc(Cl)c(Cl)cc2N)CCC1. The lowest BCUT2D eigenvalue weighted by Crippen LogP contribution is -2.41. The number of hydrogen-bond donors (Lipinski definition) is 2. The van der Waals surface area contributed by atoms with Crippen LogP contribution in [0.4, 0.5) is 11.4 Å². The molecule has 2 nitrogen and oxygen atoms in total. The van der Waals surface area contributed by atoms with Gasteiger partial charge < -0.3 is 11.1 Å². The van der Waals surface area contributed by atoms with Crippen LogP contribution in [0.5, 0.6) is 0 Å². The first-order valence-electron chi connectivity index (χ1n) is 5.03. The number of benzene rings is 1. The molecule has 0 bridgehead atoms. The van der Waals surface area contributed by atoms with Gasteiger partial charge in [-0.15, -0.1) is 0 Å². The molecule has 1 aliphatic carbocycles. The molecule has 0 atom stereocenters. The number of nitrogens with one attached hydrogen (secondary N) is 1. The van der Waals surface area contributed by atoms with Crippen LogP contribution >= 0.6 is 23.2 Å². The van der Waals surface area contributed by atoms with E-state index < -0.39 is 0 Å². The van der Waals surface area contributed by atoms with E-state index in [-0.39, 0.29) is 5.54 Å². The summed E-state index contributed by atoms with van der Waals surface area (Å²) in [5.74, 6) is 0. The average Bonchev–Trinajstić information content (AvgIpc) is 2.11. The molecule has 0 spiro atoms. The van der Waals surface area contributed by atoms with Crippen molar-refractivity contribution < 1.29 is 0 Å². The first-order chi connectivity index (χ1) is 7.00. The number of halogens is 2. The van der Waals surface area contributed by atoms with Crippen molar-refractivity contribution in [3.8, 4) is 0 Å². The summed E-state index contributed by atoms with van der Waals surface area (Å²) in [7, 11) is 0. The second-order valence-corrected chi connectivity index (χ2v) is 5.21. The number of nitrogens with two attached hydrogens (primary N) is 1. The predicted molar refractivity (Wildman–Crippen MR) is 66.8 cm³/mol. The van der Waals surface area contributed by atoms with E-state index in [9.17, 15) is 0 Å². The summed E-state index contributed by atoms with van der Waals surface area (Å²) in [6.45, 7) is 2.19. The summed E-state index contributed by atoms with van der Waals surface area (Å²) >= 11 is 11.8. The maximum Gasteiger partial charge on any atom is 0.0614 e. The van der Waals surface area contributed by atoms with Crippen LogP contribution in [-0.4, -0.2) is 5.54 Å². The third-order valence-corrected chi connectivity index (χ3v) is 3.71. The molecule has 0 heterocycles. The Bertz CT molecular complexity index is 386. The fourth-order valence-corrected chi connectivity index (χ4v) is 2.16. The molecule has 0 amide bonds. The van der Waals surface area contributed by atoms with Crippen molar-refractivity contribution in [1.82, 2.24) is 0 Å². The number of nitrogen functional groups attached to an aromatic ring is 1. The zero-order valence-electron chi connectivity index (χ0n) is 8.61. The average molecular weight is 245 g/mol. The summed E-state index contributed by atoms with van der Waals surface area (Å²) in [6.07, 6.45) is 3.62. The first-order valence-corrected chi connectivity index (χ1v) is 5.78. The maximum atomic E-state index is 5.95. The Balaban J connectivity index is 2.24. The topological polar surface area (TPSA) is 38.0 Å². The molecule has 2 rings (SSSR count). The molecule has 1 aliphatic rings. The zero-order chi connectivity index (χ0) is 11.1. The van der Waals surface area contributed by atoms with Gasteiger partial charge in [-0.2, -0.15) is 0 Å². The van der Waals surface area contributed by atoms with Crippen molar-refractivity contribution in [2.24, 2.45) is 0 Å². The van der Waals surface area contributed by atoms with Crippen molar-refractivity contribution in [1.29, 1.82) is 0 Å². The van der Waals surface area contributed by atoms with Gasteiger partial charge in [0, 0.05) is 5.54 Å². The van der Waals surface area contributed by atoms with Crippen molar-refractivity contribution in [3.63, 3.8) is 0 Å². The molecule has 0 aliphatic heterocycles. The van der Waals surface area contributed by atoms with Gasteiger partial charge >= 0.3 is 0 Å². The van der Waals surface area contributed by atoms with Crippen LogP contribution in [-0.2, 0) is 0 Å². The lowest BCUT2D eigenvalue weighted by molar-refractivity contribution is 0.307. The zero-order valence-corrected chi connectivity index (χ0v) is 10.1. The van der Waals surface area contributed by atoms with Crippen molar-refractivity contribution in [2.45, 2.75) is 31.7 Å². The molecule has 0 saturated heterocycles. The quantitative estimate of drug-likeness (QED) is 0.774. The van der Waals surface area contributed by atoms with E-state index in [0.717, 1.165) is 5.69 Å². The van der Waals surface area contributed by atoms with E-state index in [4.69, 9.17) is 28.9 Å². The van der Waals surface area contributed by atoms with Crippen LogP contribution in [0.2, 0.25) is 10.0 Å². The second-order valence-electron chi connectivity index (χ2n) is 4.39. The monoisotopic (exact) mass is 244 g/mol. The molecule has 3 N–H and O–H groups in total. The Labute approximate surface area is 99.7 Å². The third kappa shape index (κ3) is 2.16. The lowest BCUT2D eigenvalue weighted by atomic mass is 9.78. The summed E-state index contributed by atoms with van der Waals surface area (Å²) < 4.78 is 0. The molecule has 1 aromatic rings. The number of rotatable bonds is 2. The van der Waals surface area contributed by atoms with E-state index >= 15 is 0 Å². The summed E-state index contributed by atoms with van der Waals surface area (Å²) in [6, 6.07) is 3.48. The minimum absolute atomic E-state index is 0.172. The molecule has 1 saturated carbocycles. The van der Waals surface area contributed by atoms with Gasteiger partial charge in [-0.25, -0.2) is 0 Å². The summed E-state index contributed by atoms with van der Waals surface area (Å²) in [5, 5.41) is 4.46. The molecule has 4 heteroatoms. The van der Waals surface area contributed by atoms with Gasteiger partial charge in [-0.05, 0) is 38.3 Å². The molecule has 1 fully saturated rings. The Morgan fingerprint density at radius 2 is 1.87 bits per heavy atom. The molecular weight excluding hydrogens is 231 g/mol. The second kappa shape index (κ2) is 3.76. The smallest absolute Gasteiger partial charge is 0.0614 e. The van der Waals surface area contributed by atoms with Crippen molar-refractivity contribution >= 4 is 34.6 Å². The van der Waals surface area contributed by atoms with Crippen LogP contribution in [0.15, 0.2) is 12.1 Å². The minimum atomic E-state index is 0.172. The molecule has 0 radical (unpaired) electrons. The molecule has 1 aromatic carbocycles. The largest absolute Gasteiger partial charge is 0.397 e. The molecule has 0 unspecified atom stereocenters. The number of anilines is 2. The maximum absolute atomic E-state index is 5.95. The highest BCUT2D eigenvalue weighted by Gasteiger charge is 2.31. The molecule has 0 aromatic heterocycles. The van der Waals surface area contributed by atoms with Gasteiger partial charge in [0.15, 0.2) is 0 Å². The van der Waals surface area contributed by atoms with Crippen LogP contribution in [0.1, 0.15) is 26.2 Å². The van der Waals surface area contributed by atoms with Gasteiger partial charge in [-0.1, -0.05) is 23.2 Å². The van der Waals surface area contributed by atoms with Gasteiger partial charge in [0.25, 0.3) is 0 Å². The summed E-state index contributed by atoms with van der Waals surface area (Å²) in [4.78, 5) is 0. The minimum Gasteiger partial charge on any atom is -0.397 e. The van der Waals surface area contributed by atoms with E-state index in [1.165, 1.54) is 19.3 Å². The predicted octanol–water partition coefficient (Wildman–Crippen LogP) is 3.93. The van der Waals surface area contributed by atoms with Crippen LogP contribution in [0.25, 0.3) is 0 Å². The van der Waals surface area contributed by atoms with E-state index in [2.05, 4.69) is 12.2 Å². The first kappa shape index (κ1) is 10.9. The van der Waals surface area contributed by atoms with Gasteiger partial charge in [0.05, 0.1) is 21.4 Å². The van der Waals surface area contributed by atoms with E-state index in [1.807, 2.05) is 0 Å². The van der Waals surface area contributed by atoms with Gasteiger partial charge in [-0.3, -0.25) is 0 Å². The normalized spacial score (nSPS) is 18.3. The van der Waals surface area contributed by atoms with Crippen LogP contribution in [0, 0.1) is 0 Å². The lowest BCUT2D eigenvalue weighted by Gasteiger charge is -2.40. The van der Waals surface area contributed by atoms with Gasteiger partial charge in [0.1, 0.15) is 0 Å². The standard InChI is InChI=1S/C11H14Cl2N2/c1-11(3-2-4-11)15-10-6-8(13)7(12)5-9(10)14/h5-6,15H,2-4,14H2,1H3. The third-order valence-electron chi connectivity index (χ3n) is 2.99. The van der Waals surface area contributed by atoms with E-state index in [1.54, 1.807) is 12.1 Å².